The van der Waals surface area contributed by atoms with E-state index in [1.807, 2.05) is 25.1 Å². The average molecular weight is 433 g/mol. The van der Waals surface area contributed by atoms with Gasteiger partial charge < -0.3 is 10.1 Å². The highest BCUT2D eigenvalue weighted by Gasteiger charge is 2.24. The predicted octanol–water partition coefficient (Wildman–Crippen LogP) is 3.06. The summed E-state index contributed by atoms with van der Waals surface area (Å²) in [6.45, 7) is 7.03. The van der Waals surface area contributed by atoms with Crippen LogP contribution in [0.1, 0.15) is 42.1 Å². The summed E-state index contributed by atoms with van der Waals surface area (Å²) in [7, 11) is 0. The standard InChI is InChI=1S/C25H28N4O3/c1-3-28-11-10-20(14-28)32-19-8-9-22-21(13-19)25(31)29(15-26-22)23-12-17(5-4-16(23)2)24(30)27-18-6-7-18/h4-5,8-9,12-13,15,18,20H,3,6-7,10-11,14H2,1-2H3,(H,27,30)/t20-/m1/s1. The van der Waals surface area contributed by atoms with E-state index in [2.05, 4.69) is 22.1 Å². The number of ether oxygens (including phenoxy) is 1. The molecule has 1 aliphatic heterocycles. The van der Waals surface area contributed by atoms with Crippen LogP contribution in [0.5, 0.6) is 5.75 Å². The zero-order chi connectivity index (χ0) is 22.2. The number of carbonyl (C=O) groups is 1. The summed E-state index contributed by atoms with van der Waals surface area (Å²) in [5.74, 6) is 0.579. The Morgan fingerprint density at radius 1 is 1.19 bits per heavy atom. The Kier molecular flexibility index (Phi) is 5.43. The van der Waals surface area contributed by atoms with Crippen molar-refractivity contribution in [2.24, 2.45) is 0 Å². The SMILES string of the molecule is CCN1CC[C@@H](Oc2ccc3ncn(-c4cc(C(=O)NC5CC5)ccc4C)c(=O)c3c2)C1. The van der Waals surface area contributed by atoms with Crippen LogP contribution in [0.2, 0.25) is 0 Å². The van der Waals surface area contributed by atoms with E-state index in [1.165, 1.54) is 10.9 Å². The van der Waals surface area contributed by atoms with Crippen molar-refractivity contribution in [2.45, 2.75) is 45.3 Å². The van der Waals surface area contributed by atoms with Gasteiger partial charge in [0.2, 0.25) is 0 Å². The zero-order valence-corrected chi connectivity index (χ0v) is 18.5. The topological polar surface area (TPSA) is 76.5 Å². The maximum absolute atomic E-state index is 13.4. The molecule has 0 unspecified atom stereocenters. The summed E-state index contributed by atoms with van der Waals surface area (Å²) in [5.41, 5.74) is 2.55. The lowest BCUT2D eigenvalue weighted by Gasteiger charge is -2.16. The molecule has 1 N–H and O–H groups in total. The van der Waals surface area contributed by atoms with Gasteiger partial charge in [-0.25, -0.2) is 4.98 Å². The molecule has 5 rings (SSSR count). The highest BCUT2D eigenvalue weighted by atomic mass is 16.5. The van der Waals surface area contributed by atoms with Crippen molar-refractivity contribution in [3.63, 3.8) is 0 Å². The van der Waals surface area contributed by atoms with Crippen molar-refractivity contribution in [3.8, 4) is 11.4 Å². The lowest BCUT2D eigenvalue weighted by atomic mass is 10.1. The lowest BCUT2D eigenvalue weighted by Crippen LogP contribution is -2.26. The van der Waals surface area contributed by atoms with Gasteiger partial charge in [0.1, 0.15) is 18.2 Å². The van der Waals surface area contributed by atoms with Gasteiger partial charge in [-0.05, 0) is 68.6 Å². The van der Waals surface area contributed by atoms with Gasteiger partial charge in [-0.3, -0.25) is 19.1 Å². The van der Waals surface area contributed by atoms with Gasteiger partial charge in [0.05, 0.1) is 16.6 Å². The van der Waals surface area contributed by atoms with E-state index in [-0.39, 0.29) is 23.6 Å². The van der Waals surface area contributed by atoms with Crippen molar-refractivity contribution >= 4 is 16.8 Å². The summed E-state index contributed by atoms with van der Waals surface area (Å²) < 4.78 is 7.68. The van der Waals surface area contributed by atoms with Crippen LogP contribution < -0.4 is 15.6 Å². The molecule has 7 nitrogen and oxygen atoms in total. The minimum atomic E-state index is -0.176. The molecule has 166 valence electrons. The number of nitrogens with zero attached hydrogens (tertiary/aromatic N) is 3. The Morgan fingerprint density at radius 2 is 2.03 bits per heavy atom. The number of aryl methyl sites for hydroxylation is 1. The Labute approximate surface area is 187 Å². The predicted molar refractivity (Wildman–Crippen MR) is 124 cm³/mol. The van der Waals surface area contributed by atoms with Gasteiger partial charge in [0, 0.05) is 24.7 Å². The second-order valence-corrected chi connectivity index (χ2v) is 8.77. The molecule has 2 fully saturated rings. The normalized spacial score (nSPS) is 18.8. The fourth-order valence-electron chi connectivity index (χ4n) is 4.23. The summed E-state index contributed by atoms with van der Waals surface area (Å²) in [4.78, 5) is 32.7. The molecule has 3 aromatic rings. The van der Waals surface area contributed by atoms with Gasteiger partial charge in [-0.2, -0.15) is 0 Å². The van der Waals surface area contributed by atoms with Gasteiger partial charge >= 0.3 is 0 Å². The van der Waals surface area contributed by atoms with Crippen LogP contribution >= 0.6 is 0 Å². The maximum Gasteiger partial charge on any atom is 0.265 e. The molecule has 0 bridgehead atoms. The first-order valence-electron chi connectivity index (χ1n) is 11.3. The molecule has 1 atom stereocenters. The Bertz CT molecular complexity index is 1230. The average Bonchev–Trinajstić information content (AvgIpc) is 3.50. The Hall–Kier alpha value is -3.19. The summed E-state index contributed by atoms with van der Waals surface area (Å²) in [6.07, 6.45) is 4.71. The number of amides is 1. The number of likely N-dealkylation sites (tertiary alicyclic amines) is 1. The van der Waals surface area contributed by atoms with Crippen LogP contribution in [0.3, 0.4) is 0 Å². The number of fused-ring (bicyclic) bond motifs is 1. The molecule has 2 aliphatic rings. The van der Waals surface area contributed by atoms with E-state index in [4.69, 9.17) is 4.74 Å². The number of rotatable bonds is 6. The molecule has 32 heavy (non-hydrogen) atoms. The molecule has 1 aromatic heterocycles. The van der Waals surface area contributed by atoms with Crippen LogP contribution in [0.25, 0.3) is 16.6 Å². The Balaban J connectivity index is 1.47. The van der Waals surface area contributed by atoms with Crippen molar-refractivity contribution in [3.05, 3.63) is 64.2 Å². The van der Waals surface area contributed by atoms with E-state index in [0.29, 0.717) is 27.9 Å². The van der Waals surface area contributed by atoms with E-state index in [9.17, 15) is 9.59 Å². The van der Waals surface area contributed by atoms with E-state index in [0.717, 1.165) is 44.5 Å². The summed E-state index contributed by atoms with van der Waals surface area (Å²) in [6, 6.07) is 11.2. The number of hydrogen-bond acceptors (Lipinski definition) is 5. The Morgan fingerprint density at radius 3 is 2.78 bits per heavy atom. The van der Waals surface area contributed by atoms with Crippen LogP contribution in [0.4, 0.5) is 0 Å². The molecule has 1 amide bonds. The number of likely N-dealkylation sites (N-methyl/N-ethyl adjacent to an activating group) is 1. The highest BCUT2D eigenvalue weighted by molar-refractivity contribution is 5.95. The first-order valence-corrected chi connectivity index (χ1v) is 11.3. The highest BCUT2D eigenvalue weighted by Crippen LogP contribution is 2.23. The fourth-order valence-corrected chi connectivity index (χ4v) is 4.23. The minimum absolute atomic E-state index is 0.107. The second kappa shape index (κ2) is 8.39. The van der Waals surface area contributed by atoms with E-state index < -0.39 is 0 Å². The maximum atomic E-state index is 13.4. The number of carbonyl (C=O) groups excluding carboxylic acids is 1. The molecule has 1 aliphatic carbocycles. The monoisotopic (exact) mass is 432 g/mol. The van der Waals surface area contributed by atoms with Crippen molar-refractivity contribution in [2.75, 3.05) is 19.6 Å². The number of benzene rings is 2. The van der Waals surface area contributed by atoms with Crippen LogP contribution in [-0.4, -0.2) is 52.1 Å². The van der Waals surface area contributed by atoms with Crippen molar-refractivity contribution in [1.29, 1.82) is 0 Å². The van der Waals surface area contributed by atoms with Crippen LogP contribution in [0.15, 0.2) is 47.5 Å². The van der Waals surface area contributed by atoms with Gasteiger partial charge in [0.25, 0.3) is 11.5 Å². The molecular weight excluding hydrogens is 404 g/mol. The van der Waals surface area contributed by atoms with Crippen LogP contribution in [-0.2, 0) is 0 Å². The number of hydrogen-bond donors (Lipinski definition) is 1. The molecule has 2 aromatic carbocycles. The van der Waals surface area contributed by atoms with Crippen LogP contribution in [0, 0.1) is 6.92 Å². The molecule has 2 heterocycles. The summed E-state index contributed by atoms with van der Waals surface area (Å²) in [5, 5.41) is 3.50. The third-order valence-corrected chi connectivity index (χ3v) is 6.35. The third kappa shape index (κ3) is 4.12. The zero-order valence-electron chi connectivity index (χ0n) is 18.5. The molecule has 1 saturated carbocycles. The van der Waals surface area contributed by atoms with E-state index >= 15 is 0 Å². The minimum Gasteiger partial charge on any atom is -0.489 e. The molecule has 0 spiro atoms. The third-order valence-electron chi connectivity index (χ3n) is 6.35. The first kappa shape index (κ1) is 20.7. The molecule has 0 radical (unpaired) electrons. The largest absolute Gasteiger partial charge is 0.489 e. The van der Waals surface area contributed by atoms with Crippen molar-refractivity contribution in [1.82, 2.24) is 19.8 Å². The van der Waals surface area contributed by atoms with E-state index in [1.54, 1.807) is 18.2 Å². The number of nitrogens with one attached hydrogen (secondary N) is 1. The van der Waals surface area contributed by atoms with Gasteiger partial charge in [-0.1, -0.05) is 13.0 Å². The fraction of sp³-hybridized carbons (Fsp3) is 0.400. The smallest absolute Gasteiger partial charge is 0.265 e. The quantitative estimate of drug-likeness (QED) is 0.648. The lowest BCUT2D eigenvalue weighted by molar-refractivity contribution is 0.0951. The second-order valence-electron chi connectivity index (χ2n) is 8.77. The number of aromatic nitrogens is 2. The molecule has 1 saturated heterocycles. The van der Waals surface area contributed by atoms with Gasteiger partial charge in [-0.15, -0.1) is 0 Å². The first-order chi connectivity index (χ1) is 15.5. The summed E-state index contributed by atoms with van der Waals surface area (Å²) >= 11 is 0. The van der Waals surface area contributed by atoms with Crippen molar-refractivity contribution < 1.29 is 9.53 Å². The molecular formula is C25H28N4O3. The van der Waals surface area contributed by atoms with Gasteiger partial charge in [0.15, 0.2) is 0 Å². The molecule has 7 heteroatoms.